The molecule has 0 saturated carbocycles. The van der Waals surface area contributed by atoms with Gasteiger partial charge in [-0.25, -0.2) is 0 Å². The molecule has 0 spiro atoms. The van der Waals surface area contributed by atoms with Crippen molar-refractivity contribution < 1.29 is 9.59 Å². The summed E-state index contributed by atoms with van der Waals surface area (Å²) in [4.78, 5) is 25.6. The van der Waals surface area contributed by atoms with E-state index in [2.05, 4.69) is 10.9 Å². The second-order valence-electron chi connectivity index (χ2n) is 4.59. The van der Waals surface area contributed by atoms with Crippen molar-refractivity contribution >= 4 is 23.4 Å². The molecule has 1 aliphatic rings. The highest BCUT2D eigenvalue weighted by molar-refractivity contribution is 6.30. The van der Waals surface area contributed by atoms with Crippen LogP contribution in [0.15, 0.2) is 24.3 Å². The van der Waals surface area contributed by atoms with Crippen molar-refractivity contribution in [1.29, 1.82) is 0 Å². The van der Waals surface area contributed by atoms with Crippen molar-refractivity contribution in [2.75, 3.05) is 13.6 Å². The van der Waals surface area contributed by atoms with Crippen molar-refractivity contribution in [3.8, 4) is 0 Å². The molecule has 2 amide bonds. The zero-order chi connectivity index (χ0) is 13.8. The Balaban J connectivity index is 1.88. The summed E-state index contributed by atoms with van der Waals surface area (Å²) >= 11 is 5.80. The summed E-state index contributed by atoms with van der Waals surface area (Å²) in [6, 6.07) is 6.38. The fourth-order valence-electron chi connectivity index (χ4n) is 2.15. The molecule has 102 valence electrons. The summed E-state index contributed by atoms with van der Waals surface area (Å²) < 4.78 is 0. The number of likely N-dealkylation sites (N-methyl/N-ethyl adjacent to an activating group) is 1. The molecule has 1 fully saturated rings. The van der Waals surface area contributed by atoms with Gasteiger partial charge in [-0.3, -0.25) is 25.3 Å². The number of benzene rings is 1. The van der Waals surface area contributed by atoms with Crippen LogP contribution in [0.1, 0.15) is 23.2 Å². The molecule has 1 unspecified atom stereocenters. The lowest BCUT2D eigenvalue weighted by Gasteiger charge is -2.18. The van der Waals surface area contributed by atoms with Crippen molar-refractivity contribution in [2.24, 2.45) is 0 Å². The molecule has 0 aromatic heterocycles. The van der Waals surface area contributed by atoms with Gasteiger partial charge in [0.1, 0.15) is 0 Å². The van der Waals surface area contributed by atoms with Crippen LogP contribution < -0.4 is 10.9 Å². The first kappa shape index (κ1) is 13.8. The van der Waals surface area contributed by atoms with Gasteiger partial charge in [-0.2, -0.15) is 0 Å². The Hall–Kier alpha value is -1.59. The van der Waals surface area contributed by atoms with Gasteiger partial charge in [-0.15, -0.1) is 0 Å². The van der Waals surface area contributed by atoms with Crippen LogP contribution in [-0.4, -0.2) is 36.3 Å². The molecule has 1 aromatic carbocycles. The summed E-state index contributed by atoms with van der Waals surface area (Å²) in [5.41, 5.74) is 5.26. The van der Waals surface area contributed by atoms with Crippen LogP contribution in [0, 0.1) is 0 Å². The van der Waals surface area contributed by atoms with Crippen molar-refractivity contribution in [3.05, 3.63) is 34.9 Å². The summed E-state index contributed by atoms with van der Waals surface area (Å²) in [7, 11) is 1.90. The molecule has 0 bridgehead atoms. The first-order valence-electron chi connectivity index (χ1n) is 6.14. The number of rotatable bonds is 2. The normalized spacial score (nSPS) is 19.2. The number of halogens is 1. The Labute approximate surface area is 116 Å². The van der Waals surface area contributed by atoms with E-state index in [0.717, 1.165) is 19.4 Å². The van der Waals surface area contributed by atoms with E-state index >= 15 is 0 Å². The lowest BCUT2D eigenvalue weighted by atomic mass is 10.2. The molecule has 1 aliphatic heterocycles. The minimum absolute atomic E-state index is 0.167. The number of carbonyl (C=O) groups excluding carboxylic acids is 2. The SMILES string of the molecule is CN1CCCC1C(=O)NNC(=O)c1cccc(Cl)c1. The second-order valence-corrected chi connectivity index (χ2v) is 5.03. The van der Waals surface area contributed by atoms with Crippen LogP contribution >= 0.6 is 11.6 Å². The number of hydrogen-bond acceptors (Lipinski definition) is 3. The minimum Gasteiger partial charge on any atom is -0.295 e. The Morgan fingerprint density at radius 3 is 2.79 bits per heavy atom. The van der Waals surface area contributed by atoms with E-state index < -0.39 is 0 Å². The Kier molecular flexibility index (Phi) is 4.39. The van der Waals surface area contributed by atoms with Crippen LogP contribution in [-0.2, 0) is 4.79 Å². The van der Waals surface area contributed by atoms with Gasteiger partial charge in [-0.1, -0.05) is 17.7 Å². The molecule has 5 nitrogen and oxygen atoms in total. The number of hydrazine groups is 1. The molecular weight excluding hydrogens is 266 g/mol. The summed E-state index contributed by atoms with van der Waals surface area (Å²) in [6.07, 6.45) is 1.81. The molecule has 2 rings (SSSR count). The molecule has 1 aromatic rings. The van der Waals surface area contributed by atoms with E-state index in [0.29, 0.717) is 10.6 Å². The van der Waals surface area contributed by atoms with Gasteiger partial charge in [-0.05, 0) is 44.6 Å². The molecular formula is C13H16ClN3O2. The van der Waals surface area contributed by atoms with Crippen molar-refractivity contribution in [1.82, 2.24) is 15.8 Å². The highest BCUT2D eigenvalue weighted by atomic mass is 35.5. The van der Waals surface area contributed by atoms with Crippen LogP contribution in [0.5, 0.6) is 0 Å². The highest BCUT2D eigenvalue weighted by Gasteiger charge is 2.27. The van der Waals surface area contributed by atoms with Gasteiger partial charge < -0.3 is 0 Å². The zero-order valence-corrected chi connectivity index (χ0v) is 11.4. The van der Waals surface area contributed by atoms with Gasteiger partial charge in [0.15, 0.2) is 0 Å². The van der Waals surface area contributed by atoms with E-state index in [1.165, 1.54) is 0 Å². The lowest BCUT2D eigenvalue weighted by molar-refractivity contribution is -0.125. The van der Waals surface area contributed by atoms with Crippen molar-refractivity contribution in [2.45, 2.75) is 18.9 Å². The maximum atomic E-state index is 11.9. The van der Waals surface area contributed by atoms with Crippen LogP contribution in [0.2, 0.25) is 5.02 Å². The largest absolute Gasteiger partial charge is 0.295 e. The number of carbonyl (C=O) groups is 2. The number of hydrogen-bond donors (Lipinski definition) is 2. The van der Waals surface area contributed by atoms with E-state index in [1.807, 2.05) is 11.9 Å². The van der Waals surface area contributed by atoms with Gasteiger partial charge in [0.05, 0.1) is 6.04 Å². The van der Waals surface area contributed by atoms with E-state index in [4.69, 9.17) is 11.6 Å². The average molecular weight is 282 g/mol. The molecule has 1 saturated heterocycles. The third-order valence-corrected chi connectivity index (χ3v) is 3.44. The predicted octanol–water partition coefficient (Wildman–Crippen LogP) is 1.20. The monoisotopic (exact) mass is 281 g/mol. The highest BCUT2D eigenvalue weighted by Crippen LogP contribution is 2.14. The topological polar surface area (TPSA) is 61.4 Å². The standard InChI is InChI=1S/C13H16ClN3O2/c1-17-7-3-6-11(17)13(19)16-15-12(18)9-4-2-5-10(14)8-9/h2,4-5,8,11H,3,6-7H2,1H3,(H,15,18)(H,16,19). The summed E-state index contributed by atoms with van der Waals surface area (Å²) in [6.45, 7) is 0.903. The Bertz CT molecular complexity index is 493. The summed E-state index contributed by atoms with van der Waals surface area (Å²) in [5, 5.41) is 0.481. The molecule has 0 radical (unpaired) electrons. The van der Waals surface area contributed by atoms with E-state index in [-0.39, 0.29) is 17.9 Å². The van der Waals surface area contributed by atoms with Crippen LogP contribution in [0.3, 0.4) is 0 Å². The summed E-state index contributed by atoms with van der Waals surface area (Å²) in [5.74, 6) is -0.563. The van der Waals surface area contributed by atoms with E-state index in [9.17, 15) is 9.59 Å². The smallest absolute Gasteiger partial charge is 0.269 e. The molecule has 1 heterocycles. The quantitative estimate of drug-likeness (QED) is 0.801. The molecule has 0 aliphatic carbocycles. The maximum Gasteiger partial charge on any atom is 0.269 e. The number of amides is 2. The maximum absolute atomic E-state index is 11.9. The minimum atomic E-state index is -0.378. The second kappa shape index (κ2) is 6.04. The van der Waals surface area contributed by atoms with Gasteiger partial charge in [0.25, 0.3) is 11.8 Å². The Morgan fingerprint density at radius 1 is 1.37 bits per heavy atom. The predicted molar refractivity (Wildman–Crippen MR) is 72.7 cm³/mol. The van der Waals surface area contributed by atoms with Crippen LogP contribution in [0.25, 0.3) is 0 Å². The molecule has 1 atom stereocenters. The third-order valence-electron chi connectivity index (χ3n) is 3.21. The van der Waals surface area contributed by atoms with Gasteiger partial charge in [0.2, 0.25) is 0 Å². The van der Waals surface area contributed by atoms with Gasteiger partial charge in [0, 0.05) is 10.6 Å². The molecule has 19 heavy (non-hydrogen) atoms. The average Bonchev–Trinajstić information content (AvgIpc) is 2.82. The first-order chi connectivity index (χ1) is 9.08. The van der Waals surface area contributed by atoms with E-state index in [1.54, 1.807) is 24.3 Å². The number of likely N-dealkylation sites (tertiary alicyclic amines) is 1. The molecule has 2 N–H and O–H groups in total. The fourth-order valence-corrected chi connectivity index (χ4v) is 2.34. The Morgan fingerprint density at radius 2 is 2.16 bits per heavy atom. The van der Waals surface area contributed by atoms with Crippen molar-refractivity contribution in [3.63, 3.8) is 0 Å². The third kappa shape index (κ3) is 3.45. The number of nitrogens with one attached hydrogen (secondary N) is 2. The number of nitrogens with zero attached hydrogens (tertiary/aromatic N) is 1. The van der Waals surface area contributed by atoms with Crippen LogP contribution in [0.4, 0.5) is 0 Å². The van der Waals surface area contributed by atoms with Gasteiger partial charge >= 0.3 is 0 Å². The zero-order valence-electron chi connectivity index (χ0n) is 10.6. The lowest BCUT2D eigenvalue weighted by Crippen LogP contribution is -2.49. The molecule has 6 heteroatoms. The first-order valence-corrected chi connectivity index (χ1v) is 6.52. The fraction of sp³-hybridized carbons (Fsp3) is 0.385.